The summed E-state index contributed by atoms with van der Waals surface area (Å²) in [5, 5.41) is 3.12. The molecule has 62 valence electrons. The lowest BCUT2D eigenvalue weighted by Gasteiger charge is -2.12. The average molecular weight is 166 g/mol. The molecule has 0 radical (unpaired) electrons. The van der Waals surface area contributed by atoms with Gasteiger partial charge in [-0.3, -0.25) is 0 Å². The standard InChI is InChI=1S/C7H15NO.ClH/c1-8-5-7(9-2)6-3-4-6;/h6-8H,3-5H2,1-2H3;1H. The lowest BCUT2D eigenvalue weighted by Crippen LogP contribution is -2.27. The van der Waals surface area contributed by atoms with Gasteiger partial charge in [0.25, 0.3) is 0 Å². The summed E-state index contributed by atoms with van der Waals surface area (Å²) in [7, 11) is 3.76. The zero-order chi connectivity index (χ0) is 6.69. The lowest BCUT2D eigenvalue weighted by molar-refractivity contribution is 0.0856. The van der Waals surface area contributed by atoms with Gasteiger partial charge in [-0.25, -0.2) is 0 Å². The Morgan fingerprint density at radius 1 is 1.60 bits per heavy atom. The van der Waals surface area contributed by atoms with Gasteiger partial charge in [0.15, 0.2) is 0 Å². The minimum Gasteiger partial charge on any atom is -0.380 e. The van der Waals surface area contributed by atoms with Crippen molar-refractivity contribution in [3.05, 3.63) is 0 Å². The van der Waals surface area contributed by atoms with Gasteiger partial charge in [0.05, 0.1) is 6.10 Å². The SMILES string of the molecule is CNCC(OC)C1CC1.Cl. The van der Waals surface area contributed by atoms with Crippen LogP contribution in [0.15, 0.2) is 0 Å². The maximum absolute atomic E-state index is 5.25. The number of likely N-dealkylation sites (N-methyl/N-ethyl adjacent to an activating group) is 1. The Labute approximate surface area is 68.7 Å². The molecule has 10 heavy (non-hydrogen) atoms. The third-order valence-corrected chi connectivity index (χ3v) is 1.86. The van der Waals surface area contributed by atoms with Gasteiger partial charge in [0.2, 0.25) is 0 Å². The zero-order valence-corrected chi connectivity index (χ0v) is 7.41. The van der Waals surface area contributed by atoms with Crippen molar-refractivity contribution >= 4 is 12.4 Å². The van der Waals surface area contributed by atoms with Crippen LogP contribution in [-0.2, 0) is 4.74 Å². The molecule has 0 heterocycles. The number of ether oxygens (including phenoxy) is 1. The third-order valence-electron chi connectivity index (χ3n) is 1.86. The van der Waals surface area contributed by atoms with Crippen LogP contribution in [0, 0.1) is 5.92 Å². The van der Waals surface area contributed by atoms with Crippen molar-refractivity contribution in [2.45, 2.75) is 18.9 Å². The van der Waals surface area contributed by atoms with Gasteiger partial charge < -0.3 is 10.1 Å². The van der Waals surface area contributed by atoms with Gasteiger partial charge >= 0.3 is 0 Å². The molecule has 0 bridgehead atoms. The van der Waals surface area contributed by atoms with Crippen LogP contribution in [0.1, 0.15) is 12.8 Å². The monoisotopic (exact) mass is 165 g/mol. The van der Waals surface area contributed by atoms with E-state index in [4.69, 9.17) is 4.74 Å². The van der Waals surface area contributed by atoms with E-state index in [0.29, 0.717) is 6.10 Å². The molecule has 1 aliphatic rings. The fourth-order valence-electron chi connectivity index (χ4n) is 1.11. The van der Waals surface area contributed by atoms with Crippen molar-refractivity contribution in [1.82, 2.24) is 5.32 Å². The molecule has 2 nitrogen and oxygen atoms in total. The van der Waals surface area contributed by atoms with E-state index < -0.39 is 0 Å². The number of nitrogens with one attached hydrogen (secondary N) is 1. The van der Waals surface area contributed by atoms with E-state index in [0.717, 1.165) is 12.5 Å². The maximum atomic E-state index is 5.25. The molecule has 0 aromatic rings. The quantitative estimate of drug-likeness (QED) is 0.673. The van der Waals surface area contributed by atoms with Crippen molar-refractivity contribution in [3.8, 4) is 0 Å². The molecule has 1 saturated carbocycles. The Balaban J connectivity index is 0.000000810. The Morgan fingerprint density at radius 3 is 2.50 bits per heavy atom. The largest absolute Gasteiger partial charge is 0.380 e. The molecular weight excluding hydrogens is 150 g/mol. The Morgan fingerprint density at radius 2 is 2.20 bits per heavy atom. The highest BCUT2D eigenvalue weighted by Gasteiger charge is 2.30. The van der Waals surface area contributed by atoms with Gasteiger partial charge in [0, 0.05) is 13.7 Å². The fraction of sp³-hybridized carbons (Fsp3) is 1.00. The number of hydrogen-bond acceptors (Lipinski definition) is 2. The second-order valence-electron chi connectivity index (χ2n) is 2.67. The topological polar surface area (TPSA) is 21.3 Å². The molecule has 0 aliphatic heterocycles. The molecule has 0 aromatic heterocycles. The highest BCUT2D eigenvalue weighted by atomic mass is 35.5. The lowest BCUT2D eigenvalue weighted by atomic mass is 10.2. The van der Waals surface area contributed by atoms with Crippen LogP contribution in [0.5, 0.6) is 0 Å². The van der Waals surface area contributed by atoms with Crippen LogP contribution < -0.4 is 5.32 Å². The Hall–Kier alpha value is 0.210. The summed E-state index contributed by atoms with van der Waals surface area (Å²) < 4.78 is 5.25. The molecule has 0 spiro atoms. The van der Waals surface area contributed by atoms with E-state index in [1.165, 1.54) is 12.8 Å². The first-order valence-corrected chi connectivity index (χ1v) is 3.56. The van der Waals surface area contributed by atoms with Gasteiger partial charge in [-0.2, -0.15) is 0 Å². The maximum Gasteiger partial charge on any atom is 0.0723 e. The van der Waals surface area contributed by atoms with Crippen molar-refractivity contribution in [3.63, 3.8) is 0 Å². The van der Waals surface area contributed by atoms with Gasteiger partial charge in [-0.05, 0) is 25.8 Å². The summed E-state index contributed by atoms with van der Waals surface area (Å²) in [5.74, 6) is 0.849. The van der Waals surface area contributed by atoms with E-state index in [9.17, 15) is 0 Å². The van der Waals surface area contributed by atoms with Gasteiger partial charge in [-0.15, -0.1) is 12.4 Å². The minimum atomic E-state index is 0. The molecule has 1 unspecified atom stereocenters. The molecule has 3 heteroatoms. The van der Waals surface area contributed by atoms with Crippen molar-refractivity contribution in [2.24, 2.45) is 5.92 Å². The molecule has 1 atom stereocenters. The van der Waals surface area contributed by atoms with E-state index in [1.807, 2.05) is 7.05 Å². The third kappa shape index (κ3) is 2.86. The molecule has 1 aliphatic carbocycles. The van der Waals surface area contributed by atoms with Gasteiger partial charge in [0.1, 0.15) is 0 Å². The summed E-state index contributed by atoms with van der Waals surface area (Å²) in [5.41, 5.74) is 0. The first-order valence-electron chi connectivity index (χ1n) is 3.56. The molecule has 0 amide bonds. The van der Waals surface area contributed by atoms with Crippen molar-refractivity contribution in [2.75, 3.05) is 20.7 Å². The highest BCUT2D eigenvalue weighted by Crippen LogP contribution is 2.33. The number of methoxy groups -OCH3 is 1. The van der Waals surface area contributed by atoms with Crippen LogP contribution in [0.25, 0.3) is 0 Å². The van der Waals surface area contributed by atoms with E-state index in [-0.39, 0.29) is 12.4 Å². The fourth-order valence-corrected chi connectivity index (χ4v) is 1.11. The molecule has 1 rings (SSSR count). The van der Waals surface area contributed by atoms with Gasteiger partial charge in [-0.1, -0.05) is 0 Å². The summed E-state index contributed by atoms with van der Waals surface area (Å²) in [6, 6.07) is 0. The van der Waals surface area contributed by atoms with Crippen LogP contribution in [-0.4, -0.2) is 26.8 Å². The summed E-state index contributed by atoms with van der Waals surface area (Å²) in [6.07, 6.45) is 3.19. The second kappa shape index (κ2) is 4.94. The van der Waals surface area contributed by atoms with Crippen LogP contribution in [0.3, 0.4) is 0 Å². The minimum absolute atomic E-state index is 0. The second-order valence-corrected chi connectivity index (χ2v) is 2.67. The number of hydrogen-bond donors (Lipinski definition) is 1. The summed E-state index contributed by atoms with van der Waals surface area (Å²) in [6.45, 7) is 1.00. The average Bonchev–Trinajstić information content (AvgIpc) is 2.64. The molecule has 1 fully saturated rings. The smallest absolute Gasteiger partial charge is 0.0723 e. The van der Waals surface area contributed by atoms with E-state index >= 15 is 0 Å². The van der Waals surface area contributed by atoms with E-state index in [2.05, 4.69) is 5.32 Å². The summed E-state index contributed by atoms with van der Waals surface area (Å²) >= 11 is 0. The predicted molar refractivity (Wildman–Crippen MR) is 44.7 cm³/mol. The zero-order valence-electron chi connectivity index (χ0n) is 6.59. The summed E-state index contributed by atoms with van der Waals surface area (Å²) in [4.78, 5) is 0. The normalized spacial score (nSPS) is 19.8. The molecular formula is C7H16ClNO. The first kappa shape index (κ1) is 10.2. The first-order chi connectivity index (χ1) is 4.38. The van der Waals surface area contributed by atoms with Crippen molar-refractivity contribution in [1.29, 1.82) is 0 Å². The van der Waals surface area contributed by atoms with E-state index in [1.54, 1.807) is 7.11 Å². The number of rotatable bonds is 4. The van der Waals surface area contributed by atoms with Crippen molar-refractivity contribution < 1.29 is 4.74 Å². The Bertz CT molecular complexity index is 85.7. The molecule has 1 N–H and O–H groups in total. The van der Waals surface area contributed by atoms with Crippen LogP contribution in [0.2, 0.25) is 0 Å². The number of halogens is 1. The predicted octanol–water partition coefficient (Wildman–Crippen LogP) is 1.05. The Kier molecular flexibility index (Phi) is 5.04. The van der Waals surface area contributed by atoms with Crippen LogP contribution in [0.4, 0.5) is 0 Å². The van der Waals surface area contributed by atoms with Crippen LogP contribution >= 0.6 is 12.4 Å². The molecule has 0 saturated heterocycles. The highest BCUT2D eigenvalue weighted by molar-refractivity contribution is 5.85. The molecule has 0 aromatic carbocycles.